The molecular weight excluding hydrogens is 360 g/mol. The van der Waals surface area contributed by atoms with Gasteiger partial charge in [0.05, 0.1) is 25.2 Å². The molecule has 1 aromatic rings. The molecule has 1 aliphatic rings. The quantitative estimate of drug-likeness (QED) is 0.567. The Morgan fingerprint density at radius 2 is 1.36 bits per heavy atom. The molecule has 1 aromatic carbocycles. The van der Waals surface area contributed by atoms with Gasteiger partial charge in [-0.3, -0.25) is 0 Å². The molecule has 0 saturated heterocycles. The molecule has 0 spiro atoms. The number of rotatable bonds is 10. The zero-order valence-corrected chi connectivity index (χ0v) is 17.2. The molecule has 0 aromatic heterocycles. The zero-order chi connectivity index (χ0) is 20.8. The van der Waals surface area contributed by atoms with Crippen LogP contribution in [0.15, 0.2) is 24.3 Å². The summed E-state index contributed by atoms with van der Waals surface area (Å²) in [5, 5.41) is 20.4. The highest BCUT2D eigenvalue weighted by molar-refractivity contribution is 5.51. The molecular formula is C21H28N2O5. The minimum absolute atomic E-state index is 0.214. The Kier molecular flexibility index (Phi) is 7.03. The van der Waals surface area contributed by atoms with Gasteiger partial charge in [-0.25, -0.2) is 0 Å². The molecule has 1 saturated carbocycles. The van der Waals surface area contributed by atoms with E-state index in [-0.39, 0.29) is 26.4 Å². The van der Waals surface area contributed by atoms with Gasteiger partial charge in [0, 0.05) is 32.0 Å². The Morgan fingerprint density at radius 3 is 1.79 bits per heavy atom. The minimum Gasteiger partial charge on any atom is -0.496 e. The van der Waals surface area contributed by atoms with Gasteiger partial charge < -0.3 is 23.7 Å². The normalized spacial score (nSPS) is 21.2. The van der Waals surface area contributed by atoms with Gasteiger partial charge in [-0.05, 0) is 33.8 Å². The Bertz CT molecular complexity index is 726. The molecule has 0 amide bonds. The second-order valence-electron chi connectivity index (χ2n) is 6.22. The van der Waals surface area contributed by atoms with E-state index in [9.17, 15) is 10.5 Å². The van der Waals surface area contributed by atoms with Crippen LogP contribution < -0.4 is 4.74 Å². The summed E-state index contributed by atoms with van der Waals surface area (Å²) in [6.07, 6.45) is 0. The maximum atomic E-state index is 10.2. The van der Waals surface area contributed by atoms with E-state index in [1.54, 1.807) is 27.0 Å². The molecule has 1 aliphatic carbocycles. The molecule has 0 unspecified atom stereocenters. The molecule has 0 heterocycles. The van der Waals surface area contributed by atoms with Crippen LogP contribution in [0.2, 0.25) is 0 Å². The summed E-state index contributed by atoms with van der Waals surface area (Å²) >= 11 is 0. The highest BCUT2D eigenvalue weighted by Crippen LogP contribution is 2.70. The first-order valence-electron chi connectivity index (χ1n) is 9.55. The van der Waals surface area contributed by atoms with Crippen molar-refractivity contribution in [3.8, 4) is 17.9 Å². The standard InChI is InChI=1S/C21H28N2O5/c1-6-25-20(26-7-2)18(16-12-10-11-13-17(16)24-5)19(14-22,15-23)21(20,27-8-3)28-9-4/h10-13,18H,6-9H2,1-5H3/t18-/m1/s1. The Hall–Kier alpha value is -2.16. The van der Waals surface area contributed by atoms with Crippen molar-refractivity contribution in [2.75, 3.05) is 33.5 Å². The van der Waals surface area contributed by atoms with E-state index >= 15 is 0 Å². The highest BCUT2D eigenvalue weighted by Gasteiger charge is 2.87. The van der Waals surface area contributed by atoms with E-state index in [0.717, 1.165) is 0 Å². The molecule has 152 valence electrons. The number of nitrogens with zero attached hydrogens (tertiary/aromatic N) is 2. The molecule has 7 nitrogen and oxygen atoms in total. The van der Waals surface area contributed by atoms with Crippen molar-refractivity contribution in [1.82, 2.24) is 0 Å². The predicted octanol–water partition coefficient (Wildman–Crippen LogP) is 3.36. The first kappa shape index (κ1) is 22.1. The number of hydrogen-bond acceptors (Lipinski definition) is 7. The van der Waals surface area contributed by atoms with Gasteiger partial charge in [-0.1, -0.05) is 18.2 Å². The summed E-state index contributed by atoms with van der Waals surface area (Å²) < 4.78 is 29.7. The van der Waals surface area contributed by atoms with Crippen LogP contribution in [0.3, 0.4) is 0 Å². The number of methoxy groups -OCH3 is 1. The van der Waals surface area contributed by atoms with E-state index < -0.39 is 22.9 Å². The SMILES string of the molecule is CCOC1(OCC)[C@H](c2ccccc2OC)C(C#N)(C#N)C1(OCC)OCC. The number of nitriles is 2. The lowest BCUT2D eigenvalue weighted by atomic mass is 9.49. The summed E-state index contributed by atoms with van der Waals surface area (Å²) in [5.41, 5.74) is -1.07. The lowest BCUT2D eigenvalue weighted by molar-refractivity contribution is -0.496. The number of hydrogen-bond donors (Lipinski definition) is 0. The Labute approximate surface area is 166 Å². The van der Waals surface area contributed by atoms with Crippen molar-refractivity contribution in [3.63, 3.8) is 0 Å². The molecule has 0 radical (unpaired) electrons. The summed E-state index contributed by atoms with van der Waals surface area (Å²) in [6, 6.07) is 11.6. The topological polar surface area (TPSA) is 93.7 Å². The molecule has 1 fully saturated rings. The van der Waals surface area contributed by atoms with Gasteiger partial charge in [0.1, 0.15) is 5.75 Å². The third-order valence-corrected chi connectivity index (χ3v) is 5.01. The molecule has 0 aliphatic heterocycles. The average molecular weight is 388 g/mol. The lowest BCUT2D eigenvalue weighted by Gasteiger charge is -2.66. The molecule has 1 atom stereocenters. The second-order valence-corrected chi connectivity index (χ2v) is 6.22. The van der Waals surface area contributed by atoms with Crippen molar-refractivity contribution in [3.05, 3.63) is 29.8 Å². The van der Waals surface area contributed by atoms with Crippen molar-refractivity contribution < 1.29 is 23.7 Å². The molecule has 0 bridgehead atoms. The number of ether oxygens (including phenoxy) is 5. The fourth-order valence-corrected chi connectivity index (χ4v) is 4.21. The summed E-state index contributed by atoms with van der Waals surface area (Å²) in [4.78, 5) is 0. The van der Waals surface area contributed by atoms with E-state index in [4.69, 9.17) is 23.7 Å². The van der Waals surface area contributed by atoms with Crippen LogP contribution in [0.4, 0.5) is 0 Å². The van der Waals surface area contributed by atoms with Crippen LogP contribution in [-0.2, 0) is 18.9 Å². The van der Waals surface area contributed by atoms with Crippen LogP contribution in [0.1, 0.15) is 39.2 Å². The van der Waals surface area contributed by atoms with Gasteiger partial charge in [0.15, 0.2) is 0 Å². The van der Waals surface area contributed by atoms with Crippen molar-refractivity contribution in [2.45, 2.75) is 45.2 Å². The van der Waals surface area contributed by atoms with Crippen molar-refractivity contribution in [2.24, 2.45) is 5.41 Å². The zero-order valence-electron chi connectivity index (χ0n) is 17.2. The van der Waals surface area contributed by atoms with E-state index in [2.05, 4.69) is 12.1 Å². The molecule has 0 N–H and O–H groups in total. The fourth-order valence-electron chi connectivity index (χ4n) is 4.21. The van der Waals surface area contributed by atoms with Gasteiger partial charge in [-0.15, -0.1) is 0 Å². The van der Waals surface area contributed by atoms with Crippen LogP contribution in [0.5, 0.6) is 5.75 Å². The first-order valence-corrected chi connectivity index (χ1v) is 9.55. The van der Waals surface area contributed by atoms with Gasteiger partial charge in [0.2, 0.25) is 11.2 Å². The molecule has 2 rings (SSSR count). The fraction of sp³-hybridized carbons (Fsp3) is 0.619. The van der Waals surface area contributed by atoms with Gasteiger partial charge in [-0.2, -0.15) is 10.5 Å². The molecule has 7 heteroatoms. The Morgan fingerprint density at radius 1 is 0.857 bits per heavy atom. The van der Waals surface area contributed by atoms with E-state index in [1.165, 1.54) is 0 Å². The minimum atomic E-state index is -1.70. The highest BCUT2D eigenvalue weighted by atomic mass is 16.8. The average Bonchev–Trinajstić information content (AvgIpc) is 2.71. The lowest BCUT2D eigenvalue weighted by Crippen LogP contribution is -2.83. The monoisotopic (exact) mass is 388 g/mol. The van der Waals surface area contributed by atoms with Crippen LogP contribution >= 0.6 is 0 Å². The second kappa shape index (κ2) is 8.89. The first-order chi connectivity index (χ1) is 13.5. The number of benzene rings is 1. The predicted molar refractivity (Wildman–Crippen MR) is 101 cm³/mol. The summed E-state index contributed by atoms with van der Waals surface area (Å²) in [7, 11) is 1.54. The maximum Gasteiger partial charge on any atom is 0.258 e. The maximum absolute atomic E-state index is 10.2. The summed E-state index contributed by atoms with van der Waals surface area (Å²) in [6.45, 7) is 8.18. The summed E-state index contributed by atoms with van der Waals surface area (Å²) in [5.74, 6) is -3.45. The van der Waals surface area contributed by atoms with Crippen molar-refractivity contribution in [1.29, 1.82) is 10.5 Å². The van der Waals surface area contributed by atoms with Crippen molar-refractivity contribution >= 4 is 0 Å². The van der Waals surface area contributed by atoms with Gasteiger partial charge in [0.25, 0.3) is 5.79 Å². The van der Waals surface area contributed by atoms with Crippen LogP contribution in [0.25, 0.3) is 0 Å². The third-order valence-electron chi connectivity index (χ3n) is 5.01. The van der Waals surface area contributed by atoms with E-state index in [1.807, 2.05) is 32.0 Å². The third kappa shape index (κ3) is 2.78. The van der Waals surface area contributed by atoms with E-state index in [0.29, 0.717) is 11.3 Å². The smallest absolute Gasteiger partial charge is 0.258 e. The Balaban J connectivity index is 2.86. The van der Waals surface area contributed by atoms with Crippen LogP contribution in [0, 0.1) is 28.1 Å². The number of para-hydroxylation sites is 1. The van der Waals surface area contributed by atoms with Gasteiger partial charge >= 0.3 is 0 Å². The molecule has 28 heavy (non-hydrogen) atoms. The largest absolute Gasteiger partial charge is 0.496 e. The van der Waals surface area contributed by atoms with Crippen LogP contribution in [-0.4, -0.2) is 45.1 Å².